The lowest BCUT2D eigenvalue weighted by atomic mass is 10.1. The van der Waals surface area contributed by atoms with Crippen LogP contribution in [0.5, 0.6) is 0 Å². The quantitative estimate of drug-likeness (QED) is 0.385. The van der Waals surface area contributed by atoms with Crippen LogP contribution >= 0.6 is 11.6 Å². The van der Waals surface area contributed by atoms with E-state index in [9.17, 15) is 8.42 Å². The Labute approximate surface area is 228 Å². The van der Waals surface area contributed by atoms with Crippen molar-refractivity contribution in [1.29, 1.82) is 0 Å². The molecule has 0 spiro atoms. The molecule has 10 heteroatoms. The molecule has 4 rings (SSSR count). The second-order valence-corrected chi connectivity index (χ2v) is 11.4. The molecule has 1 saturated heterocycles. The van der Waals surface area contributed by atoms with E-state index < -0.39 is 27.0 Å². The summed E-state index contributed by atoms with van der Waals surface area (Å²) in [4.78, 5) is 23.4. The molecular formula is C28H31ClN2O6S. The van der Waals surface area contributed by atoms with E-state index in [2.05, 4.69) is 15.9 Å². The summed E-state index contributed by atoms with van der Waals surface area (Å²) in [5.74, 6) is -3.65. The molecule has 0 radical (unpaired) electrons. The first kappa shape index (κ1) is 29.2. The largest absolute Gasteiger partial charge is 0.473 e. The maximum absolute atomic E-state index is 13.4. The first-order chi connectivity index (χ1) is 18.2. The van der Waals surface area contributed by atoms with Crippen LogP contribution in [0.1, 0.15) is 23.7 Å². The average Bonchev–Trinajstić information content (AvgIpc) is 2.92. The van der Waals surface area contributed by atoms with Crippen LogP contribution in [0, 0.1) is 0 Å². The van der Waals surface area contributed by atoms with Gasteiger partial charge in [0.05, 0.1) is 10.1 Å². The number of rotatable bonds is 8. The fourth-order valence-corrected chi connectivity index (χ4v) is 6.39. The van der Waals surface area contributed by atoms with Crippen LogP contribution in [0.4, 0.5) is 5.69 Å². The number of benzene rings is 3. The maximum atomic E-state index is 13.4. The predicted molar refractivity (Wildman–Crippen MR) is 147 cm³/mol. The molecule has 2 N–H and O–H groups in total. The molecule has 1 aliphatic heterocycles. The van der Waals surface area contributed by atoms with Gasteiger partial charge in [-0.25, -0.2) is 18.0 Å². The first-order valence-electron chi connectivity index (χ1n) is 12.2. The van der Waals surface area contributed by atoms with Gasteiger partial charge in [-0.1, -0.05) is 66.2 Å². The van der Waals surface area contributed by atoms with Crippen molar-refractivity contribution in [3.05, 3.63) is 95.5 Å². The summed E-state index contributed by atoms with van der Waals surface area (Å²) >= 11 is 6.14. The van der Waals surface area contributed by atoms with E-state index in [0.29, 0.717) is 11.3 Å². The molecular weight excluding hydrogens is 528 g/mol. The minimum atomic E-state index is -3.45. The molecule has 0 aromatic heterocycles. The summed E-state index contributed by atoms with van der Waals surface area (Å²) in [6.07, 6.45) is 1.44. The summed E-state index contributed by atoms with van der Waals surface area (Å²) in [6, 6.07) is 26.4. The third-order valence-electron chi connectivity index (χ3n) is 6.29. The fourth-order valence-electron chi connectivity index (χ4n) is 4.35. The Bertz CT molecular complexity index is 1290. The summed E-state index contributed by atoms with van der Waals surface area (Å²) in [7, 11) is -3.45. The molecule has 0 aliphatic carbocycles. The van der Waals surface area contributed by atoms with Crippen molar-refractivity contribution in [2.75, 3.05) is 37.6 Å². The highest BCUT2D eigenvalue weighted by molar-refractivity contribution is 7.91. The van der Waals surface area contributed by atoms with Crippen molar-refractivity contribution >= 4 is 39.1 Å². The van der Waals surface area contributed by atoms with Crippen LogP contribution in [0.15, 0.2) is 89.8 Å². The molecule has 1 aliphatic rings. The molecule has 3 aromatic rings. The molecule has 1 unspecified atom stereocenters. The Balaban J connectivity index is 0.000000599. The Hall–Kier alpha value is -3.40. The van der Waals surface area contributed by atoms with E-state index in [1.54, 1.807) is 24.3 Å². The number of carboxylic acids is 2. The fraction of sp³-hybridized carbons (Fsp3) is 0.286. The third-order valence-corrected chi connectivity index (χ3v) is 8.71. The maximum Gasteiger partial charge on any atom is 0.414 e. The lowest BCUT2D eigenvalue weighted by molar-refractivity contribution is -0.159. The van der Waals surface area contributed by atoms with Gasteiger partial charge in [-0.15, -0.1) is 0 Å². The van der Waals surface area contributed by atoms with Gasteiger partial charge >= 0.3 is 11.9 Å². The number of hydrogen-bond acceptors (Lipinski definition) is 6. The summed E-state index contributed by atoms with van der Waals surface area (Å²) in [5.41, 5.74) is 2.03. The van der Waals surface area contributed by atoms with Crippen LogP contribution in [0.25, 0.3) is 0 Å². The van der Waals surface area contributed by atoms with Crippen molar-refractivity contribution in [2.45, 2.75) is 23.0 Å². The van der Waals surface area contributed by atoms with E-state index in [0.717, 1.165) is 55.4 Å². The van der Waals surface area contributed by atoms with Gasteiger partial charge in [0.2, 0.25) is 0 Å². The van der Waals surface area contributed by atoms with Crippen LogP contribution < -0.4 is 4.90 Å². The minimum absolute atomic E-state index is 0.393. The van der Waals surface area contributed by atoms with Gasteiger partial charge in [-0.2, -0.15) is 0 Å². The monoisotopic (exact) mass is 558 g/mol. The molecule has 0 saturated carbocycles. The second kappa shape index (κ2) is 13.9. The molecule has 8 nitrogen and oxygen atoms in total. The average molecular weight is 559 g/mol. The van der Waals surface area contributed by atoms with Gasteiger partial charge < -0.3 is 15.1 Å². The lowest BCUT2D eigenvalue weighted by Crippen LogP contribution is -2.46. The first-order valence-corrected chi connectivity index (χ1v) is 14.1. The number of aliphatic carboxylic acids is 2. The topological polar surface area (TPSA) is 115 Å². The van der Waals surface area contributed by atoms with Gasteiger partial charge in [0.25, 0.3) is 0 Å². The molecule has 1 atom stereocenters. The zero-order chi connectivity index (χ0) is 27.5. The normalized spacial score (nSPS) is 14.7. The molecule has 0 amide bonds. The van der Waals surface area contributed by atoms with Crippen LogP contribution in [0.2, 0.25) is 5.02 Å². The number of carboxylic acid groups (broad SMARTS) is 2. The molecule has 1 heterocycles. The Morgan fingerprint density at radius 1 is 0.816 bits per heavy atom. The lowest BCUT2D eigenvalue weighted by Gasteiger charge is -2.36. The van der Waals surface area contributed by atoms with Crippen LogP contribution in [-0.4, -0.2) is 68.2 Å². The molecule has 3 aromatic carbocycles. The van der Waals surface area contributed by atoms with E-state index in [4.69, 9.17) is 31.4 Å². The third kappa shape index (κ3) is 8.31. The highest BCUT2D eigenvalue weighted by Crippen LogP contribution is 2.33. The van der Waals surface area contributed by atoms with Gasteiger partial charge in [0.1, 0.15) is 0 Å². The van der Waals surface area contributed by atoms with Gasteiger partial charge in [-0.3, -0.25) is 4.90 Å². The number of sulfone groups is 1. The Morgan fingerprint density at radius 3 is 1.95 bits per heavy atom. The zero-order valence-electron chi connectivity index (χ0n) is 20.8. The molecule has 1 fully saturated rings. The van der Waals surface area contributed by atoms with Crippen molar-refractivity contribution in [1.82, 2.24) is 4.90 Å². The van der Waals surface area contributed by atoms with Crippen molar-refractivity contribution < 1.29 is 28.2 Å². The predicted octanol–water partition coefficient (Wildman–Crippen LogP) is 4.61. The standard InChI is InChI=1S/C26H29ClN2O2S.C2H2O4/c27-23-11-7-12-24(21-23)29-19-17-28(18-20-29)16-8-15-26(22-9-3-1-4-10-22)32(30,31)25-13-5-2-6-14-25;3-1(4)2(5)6/h1-7,9-14,21,26H,8,15-20H2;(H,3,4)(H,5,6). The zero-order valence-corrected chi connectivity index (χ0v) is 22.4. The Kier molecular flexibility index (Phi) is 10.7. The summed E-state index contributed by atoms with van der Waals surface area (Å²) < 4.78 is 26.8. The van der Waals surface area contributed by atoms with Crippen LogP contribution in [-0.2, 0) is 19.4 Å². The van der Waals surface area contributed by atoms with Gasteiger partial charge in [-0.05, 0) is 55.3 Å². The van der Waals surface area contributed by atoms with Gasteiger partial charge in [0.15, 0.2) is 9.84 Å². The number of nitrogens with zero attached hydrogens (tertiary/aromatic N) is 2. The van der Waals surface area contributed by atoms with E-state index in [-0.39, 0.29) is 0 Å². The molecule has 202 valence electrons. The second-order valence-electron chi connectivity index (χ2n) is 8.82. The van der Waals surface area contributed by atoms with Crippen molar-refractivity contribution in [3.8, 4) is 0 Å². The number of hydrogen-bond donors (Lipinski definition) is 2. The van der Waals surface area contributed by atoms with E-state index in [1.165, 1.54) is 0 Å². The molecule has 0 bridgehead atoms. The SMILES string of the molecule is O=C(O)C(=O)O.O=S(=O)(c1ccccc1)C(CCCN1CCN(c2cccc(Cl)c2)CC1)c1ccccc1. The van der Waals surface area contributed by atoms with E-state index >= 15 is 0 Å². The smallest absolute Gasteiger partial charge is 0.414 e. The number of anilines is 1. The molecule has 38 heavy (non-hydrogen) atoms. The summed E-state index contributed by atoms with van der Waals surface area (Å²) in [5, 5.41) is 15.0. The highest BCUT2D eigenvalue weighted by Gasteiger charge is 2.29. The van der Waals surface area contributed by atoms with Gasteiger partial charge in [0, 0.05) is 36.9 Å². The summed E-state index contributed by atoms with van der Waals surface area (Å²) in [6.45, 7) is 4.73. The number of halogens is 1. The van der Waals surface area contributed by atoms with Crippen LogP contribution in [0.3, 0.4) is 0 Å². The van der Waals surface area contributed by atoms with Crippen molar-refractivity contribution in [3.63, 3.8) is 0 Å². The number of piperazine rings is 1. The number of carbonyl (C=O) groups is 2. The van der Waals surface area contributed by atoms with Crippen molar-refractivity contribution in [2.24, 2.45) is 0 Å². The Morgan fingerprint density at radius 2 is 1.39 bits per heavy atom. The minimum Gasteiger partial charge on any atom is -0.473 e. The highest BCUT2D eigenvalue weighted by atomic mass is 35.5. The van der Waals surface area contributed by atoms with E-state index in [1.807, 2.05) is 54.6 Å².